The van der Waals surface area contributed by atoms with Crippen molar-refractivity contribution >= 4 is 29.1 Å². The van der Waals surface area contributed by atoms with Crippen LogP contribution in [0.2, 0.25) is 5.02 Å². The number of imide groups is 1. The van der Waals surface area contributed by atoms with E-state index in [4.69, 9.17) is 11.6 Å². The molecular weight excluding hydrogens is 319 g/mol. The van der Waals surface area contributed by atoms with Crippen LogP contribution >= 0.6 is 11.6 Å². The lowest BCUT2D eigenvalue weighted by molar-refractivity contribution is -0.120. The Kier molecular flexibility index (Phi) is 3.72. The smallest absolute Gasteiger partial charge is 0.265 e. The number of carbonyl (C=O) groups is 2. The summed E-state index contributed by atoms with van der Waals surface area (Å²) < 4.78 is 39.9. The van der Waals surface area contributed by atoms with Gasteiger partial charge in [-0.15, -0.1) is 0 Å². The second kappa shape index (κ2) is 5.43. The topological polar surface area (TPSA) is 37.4 Å². The van der Waals surface area contributed by atoms with Crippen molar-refractivity contribution in [1.82, 2.24) is 0 Å². The minimum atomic E-state index is -2.93. The van der Waals surface area contributed by atoms with Crippen molar-refractivity contribution in [3.63, 3.8) is 0 Å². The number of carbonyl (C=O) groups excluding carboxylic acids is 2. The number of amides is 2. The van der Waals surface area contributed by atoms with Crippen LogP contribution < -0.4 is 4.90 Å². The van der Waals surface area contributed by atoms with Crippen molar-refractivity contribution in [3.8, 4) is 0 Å². The Labute approximate surface area is 129 Å². The van der Waals surface area contributed by atoms with E-state index in [2.05, 4.69) is 0 Å². The minimum absolute atomic E-state index is 0.365. The van der Waals surface area contributed by atoms with Crippen LogP contribution in [0.3, 0.4) is 0 Å². The second-order valence-corrected chi connectivity index (χ2v) is 5.64. The fourth-order valence-electron chi connectivity index (χ4n) is 2.85. The number of anilines is 1. The van der Waals surface area contributed by atoms with Crippen molar-refractivity contribution in [2.24, 2.45) is 0 Å². The molecule has 0 N–H and O–H groups in total. The van der Waals surface area contributed by atoms with E-state index in [1.165, 1.54) is 0 Å². The molecule has 0 saturated heterocycles. The van der Waals surface area contributed by atoms with Gasteiger partial charge in [0.05, 0.1) is 10.7 Å². The molecule has 0 fully saturated rings. The average Bonchev–Trinajstić information content (AvgIpc) is 2.72. The normalized spacial score (nSPS) is 18.5. The molecule has 0 saturated carbocycles. The standard InChI is InChI=1S/C15H11ClF3NO2/c16-10-6-11(17)12(5-9(10)13(18)19)20-14(21)7-3-1-2-4-8(7)15(20)22/h5-6,13H,1-4H2. The summed E-state index contributed by atoms with van der Waals surface area (Å²) in [4.78, 5) is 25.3. The Morgan fingerprint density at radius 1 is 1.05 bits per heavy atom. The molecule has 7 heteroatoms. The highest BCUT2D eigenvalue weighted by atomic mass is 35.5. The number of rotatable bonds is 2. The molecule has 0 spiro atoms. The van der Waals surface area contributed by atoms with Gasteiger partial charge in [0.25, 0.3) is 18.2 Å². The average molecular weight is 330 g/mol. The molecule has 1 aliphatic heterocycles. The first-order chi connectivity index (χ1) is 10.4. The monoisotopic (exact) mass is 329 g/mol. The molecule has 1 aromatic rings. The van der Waals surface area contributed by atoms with Crippen LogP contribution in [0.15, 0.2) is 23.3 Å². The molecule has 1 aliphatic carbocycles. The van der Waals surface area contributed by atoms with Gasteiger partial charge in [0, 0.05) is 16.7 Å². The Morgan fingerprint density at radius 2 is 1.59 bits per heavy atom. The highest BCUT2D eigenvalue weighted by Crippen LogP contribution is 2.39. The van der Waals surface area contributed by atoms with Gasteiger partial charge >= 0.3 is 0 Å². The molecule has 0 aromatic heterocycles. The lowest BCUT2D eigenvalue weighted by Gasteiger charge is -2.17. The fraction of sp³-hybridized carbons (Fsp3) is 0.333. The predicted molar refractivity (Wildman–Crippen MR) is 74.4 cm³/mol. The number of benzene rings is 1. The van der Waals surface area contributed by atoms with E-state index in [0.717, 1.165) is 18.9 Å². The Morgan fingerprint density at radius 3 is 2.09 bits per heavy atom. The zero-order valence-electron chi connectivity index (χ0n) is 11.3. The zero-order chi connectivity index (χ0) is 16.0. The van der Waals surface area contributed by atoms with Gasteiger partial charge in [-0.2, -0.15) is 0 Å². The third-order valence-electron chi connectivity index (χ3n) is 3.93. The minimum Gasteiger partial charge on any atom is -0.269 e. The number of hydrogen-bond acceptors (Lipinski definition) is 2. The van der Waals surface area contributed by atoms with Crippen molar-refractivity contribution in [3.05, 3.63) is 39.7 Å². The number of alkyl halides is 2. The summed E-state index contributed by atoms with van der Waals surface area (Å²) >= 11 is 5.58. The SMILES string of the molecule is O=C1C2=C(CCCC2)C(=O)N1c1cc(C(F)F)c(Cl)cc1F. The molecule has 0 atom stereocenters. The van der Waals surface area contributed by atoms with E-state index >= 15 is 0 Å². The summed E-state index contributed by atoms with van der Waals surface area (Å²) in [5.41, 5.74) is -0.346. The van der Waals surface area contributed by atoms with Gasteiger partial charge < -0.3 is 0 Å². The molecule has 1 aromatic carbocycles. The molecule has 3 rings (SSSR count). The van der Waals surface area contributed by atoms with Gasteiger partial charge in [0.2, 0.25) is 0 Å². The van der Waals surface area contributed by atoms with Crippen molar-refractivity contribution in [2.45, 2.75) is 32.1 Å². The van der Waals surface area contributed by atoms with Crippen LogP contribution in [-0.2, 0) is 9.59 Å². The van der Waals surface area contributed by atoms with Crippen LogP contribution in [0.4, 0.5) is 18.9 Å². The van der Waals surface area contributed by atoms with Crippen LogP contribution in [0.5, 0.6) is 0 Å². The molecule has 0 unspecified atom stereocenters. The Bertz CT molecular complexity index is 687. The molecular formula is C15H11ClF3NO2. The number of halogens is 4. The van der Waals surface area contributed by atoms with Crippen molar-refractivity contribution < 1.29 is 22.8 Å². The molecule has 0 bridgehead atoms. The van der Waals surface area contributed by atoms with Crippen molar-refractivity contribution in [1.29, 1.82) is 0 Å². The molecule has 22 heavy (non-hydrogen) atoms. The van der Waals surface area contributed by atoms with Gasteiger partial charge in [-0.25, -0.2) is 18.1 Å². The highest BCUT2D eigenvalue weighted by Gasteiger charge is 2.41. The van der Waals surface area contributed by atoms with Crippen LogP contribution in [0.1, 0.15) is 37.7 Å². The molecule has 1 heterocycles. The molecule has 2 amide bonds. The summed E-state index contributed by atoms with van der Waals surface area (Å²) in [6.45, 7) is 0. The molecule has 3 nitrogen and oxygen atoms in total. The summed E-state index contributed by atoms with van der Waals surface area (Å²) in [7, 11) is 0. The summed E-state index contributed by atoms with van der Waals surface area (Å²) in [6, 6.07) is 1.48. The van der Waals surface area contributed by atoms with E-state index in [0.29, 0.717) is 35.0 Å². The largest absolute Gasteiger partial charge is 0.269 e. The highest BCUT2D eigenvalue weighted by molar-refractivity contribution is 6.34. The zero-order valence-corrected chi connectivity index (χ0v) is 12.1. The van der Waals surface area contributed by atoms with E-state index in [9.17, 15) is 22.8 Å². The summed E-state index contributed by atoms with van der Waals surface area (Å²) in [5, 5.41) is -0.437. The third kappa shape index (κ3) is 2.22. The summed E-state index contributed by atoms with van der Waals surface area (Å²) in [5.74, 6) is -2.22. The maximum Gasteiger partial charge on any atom is 0.265 e. The third-order valence-corrected chi connectivity index (χ3v) is 4.26. The van der Waals surface area contributed by atoms with Crippen LogP contribution in [0.25, 0.3) is 0 Å². The number of nitrogens with zero attached hydrogens (tertiary/aromatic N) is 1. The van der Waals surface area contributed by atoms with E-state index < -0.39 is 40.3 Å². The Balaban J connectivity index is 2.07. The van der Waals surface area contributed by atoms with Gasteiger partial charge in [0.1, 0.15) is 5.82 Å². The first-order valence-electron chi connectivity index (χ1n) is 6.79. The van der Waals surface area contributed by atoms with Crippen LogP contribution in [-0.4, -0.2) is 11.8 Å². The maximum atomic E-state index is 14.1. The second-order valence-electron chi connectivity index (χ2n) is 5.24. The first kappa shape index (κ1) is 15.1. The van der Waals surface area contributed by atoms with Gasteiger partial charge in [0.15, 0.2) is 0 Å². The fourth-order valence-corrected chi connectivity index (χ4v) is 3.08. The Hall–Kier alpha value is -1.82. The van der Waals surface area contributed by atoms with Crippen LogP contribution in [0, 0.1) is 5.82 Å². The maximum absolute atomic E-state index is 14.1. The van der Waals surface area contributed by atoms with E-state index in [-0.39, 0.29) is 0 Å². The first-order valence-corrected chi connectivity index (χ1v) is 7.17. The van der Waals surface area contributed by atoms with Gasteiger partial charge in [-0.1, -0.05) is 11.6 Å². The molecule has 2 aliphatic rings. The quantitative estimate of drug-likeness (QED) is 0.764. The number of hydrogen-bond donors (Lipinski definition) is 0. The van der Waals surface area contributed by atoms with E-state index in [1.807, 2.05) is 0 Å². The molecule has 0 radical (unpaired) electrons. The lowest BCUT2D eigenvalue weighted by Crippen LogP contribution is -2.32. The predicted octanol–water partition coefficient (Wildman–Crippen LogP) is 4.16. The van der Waals surface area contributed by atoms with E-state index in [1.54, 1.807) is 0 Å². The lowest BCUT2D eigenvalue weighted by atomic mass is 9.93. The summed E-state index contributed by atoms with van der Waals surface area (Å²) in [6.07, 6.45) is -0.475. The van der Waals surface area contributed by atoms with Gasteiger partial charge in [-0.05, 0) is 37.8 Å². The van der Waals surface area contributed by atoms with Crippen molar-refractivity contribution in [2.75, 3.05) is 4.90 Å². The van der Waals surface area contributed by atoms with Gasteiger partial charge in [-0.3, -0.25) is 9.59 Å². The molecule has 116 valence electrons.